The van der Waals surface area contributed by atoms with E-state index in [1.54, 1.807) is 18.3 Å². The van der Waals surface area contributed by atoms with Crippen molar-refractivity contribution in [3.63, 3.8) is 0 Å². The molecule has 2 rings (SSSR count). The van der Waals surface area contributed by atoms with E-state index in [9.17, 15) is 9.90 Å². The fraction of sp³-hybridized carbons (Fsp3) is 0.278. The molecular formula is C18H24IN5O2. The molecule has 26 heavy (non-hydrogen) atoms. The number of halogens is 1. The summed E-state index contributed by atoms with van der Waals surface area (Å²) in [6.07, 6.45) is 1.74. The van der Waals surface area contributed by atoms with E-state index in [4.69, 9.17) is 0 Å². The first-order chi connectivity index (χ1) is 12.2. The van der Waals surface area contributed by atoms with Gasteiger partial charge >= 0.3 is 0 Å². The second kappa shape index (κ2) is 12.1. The molecule has 1 aromatic carbocycles. The Morgan fingerprint density at radius 2 is 1.81 bits per heavy atom. The number of aromatic nitrogens is 1. The molecule has 0 fully saturated rings. The van der Waals surface area contributed by atoms with Gasteiger partial charge in [-0.3, -0.25) is 9.78 Å². The highest BCUT2D eigenvalue weighted by molar-refractivity contribution is 14.0. The van der Waals surface area contributed by atoms with Gasteiger partial charge in [0.1, 0.15) is 5.75 Å². The molecule has 4 N–H and O–H groups in total. The van der Waals surface area contributed by atoms with Gasteiger partial charge < -0.3 is 21.1 Å². The maximum absolute atomic E-state index is 12.0. The molecule has 0 unspecified atom stereocenters. The van der Waals surface area contributed by atoms with Crippen LogP contribution in [0.15, 0.2) is 53.7 Å². The number of guanidine groups is 1. The van der Waals surface area contributed by atoms with Crippen LogP contribution in [0, 0.1) is 0 Å². The number of rotatable bonds is 7. The van der Waals surface area contributed by atoms with Crippen LogP contribution in [-0.2, 0) is 6.54 Å². The normalized spacial score (nSPS) is 10.6. The minimum absolute atomic E-state index is 0. The molecule has 0 aliphatic carbocycles. The monoisotopic (exact) mass is 469 g/mol. The molecule has 8 heteroatoms. The van der Waals surface area contributed by atoms with Crippen molar-refractivity contribution >= 4 is 35.8 Å². The van der Waals surface area contributed by atoms with Crippen molar-refractivity contribution in [2.45, 2.75) is 13.5 Å². The predicted octanol–water partition coefficient (Wildman–Crippen LogP) is 1.89. The van der Waals surface area contributed by atoms with Gasteiger partial charge in [-0.2, -0.15) is 0 Å². The Kier molecular flexibility index (Phi) is 10.1. The third kappa shape index (κ3) is 7.68. The lowest BCUT2D eigenvalue weighted by Crippen LogP contribution is -2.41. The number of hydrogen-bond acceptors (Lipinski definition) is 4. The number of phenols is 1. The van der Waals surface area contributed by atoms with E-state index in [-0.39, 0.29) is 35.6 Å². The van der Waals surface area contributed by atoms with Gasteiger partial charge in [-0.1, -0.05) is 6.07 Å². The Bertz CT molecular complexity index is 692. The average molecular weight is 469 g/mol. The second-order valence-corrected chi connectivity index (χ2v) is 5.25. The number of amides is 1. The summed E-state index contributed by atoms with van der Waals surface area (Å²) in [4.78, 5) is 20.7. The zero-order valence-electron chi connectivity index (χ0n) is 14.6. The molecule has 0 bridgehead atoms. The number of hydrogen-bond donors (Lipinski definition) is 4. The van der Waals surface area contributed by atoms with Gasteiger partial charge in [0.2, 0.25) is 0 Å². The van der Waals surface area contributed by atoms with Crippen LogP contribution in [0.3, 0.4) is 0 Å². The maximum Gasteiger partial charge on any atom is 0.251 e. The van der Waals surface area contributed by atoms with Crippen LogP contribution in [0.2, 0.25) is 0 Å². The molecule has 140 valence electrons. The molecule has 7 nitrogen and oxygen atoms in total. The van der Waals surface area contributed by atoms with Crippen LogP contribution in [0.4, 0.5) is 0 Å². The summed E-state index contributed by atoms with van der Waals surface area (Å²) in [5.41, 5.74) is 1.40. The molecule has 1 aromatic heterocycles. The highest BCUT2D eigenvalue weighted by Gasteiger charge is 2.04. The van der Waals surface area contributed by atoms with Crippen LogP contribution in [0.5, 0.6) is 5.75 Å². The van der Waals surface area contributed by atoms with Gasteiger partial charge in [0, 0.05) is 31.4 Å². The first-order valence-electron chi connectivity index (χ1n) is 8.18. The summed E-state index contributed by atoms with van der Waals surface area (Å²) in [6.45, 7) is 4.21. The lowest BCUT2D eigenvalue weighted by molar-refractivity contribution is 0.0954. The van der Waals surface area contributed by atoms with E-state index in [1.807, 2.05) is 25.1 Å². The number of nitrogens with zero attached hydrogens (tertiary/aromatic N) is 2. The molecule has 0 spiro atoms. The minimum Gasteiger partial charge on any atom is -0.508 e. The minimum atomic E-state index is -0.183. The SMILES string of the molecule is CCNC(=NCc1ccccn1)NCCNC(=O)c1ccc(O)cc1.I. The maximum atomic E-state index is 12.0. The topological polar surface area (TPSA) is 98.6 Å². The van der Waals surface area contributed by atoms with Crippen molar-refractivity contribution in [1.82, 2.24) is 20.9 Å². The van der Waals surface area contributed by atoms with E-state index >= 15 is 0 Å². The summed E-state index contributed by atoms with van der Waals surface area (Å²) in [6, 6.07) is 11.9. The van der Waals surface area contributed by atoms with E-state index in [0.717, 1.165) is 12.2 Å². The number of aromatic hydroxyl groups is 1. The lowest BCUT2D eigenvalue weighted by Gasteiger charge is -2.12. The van der Waals surface area contributed by atoms with Gasteiger partial charge in [-0.15, -0.1) is 24.0 Å². The van der Waals surface area contributed by atoms with Gasteiger partial charge in [-0.05, 0) is 43.3 Å². The van der Waals surface area contributed by atoms with Gasteiger partial charge in [0.15, 0.2) is 5.96 Å². The smallest absolute Gasteiger partial charge is 0.251 e. The standard InChI is InChI=1S/C18H23N5O2.HI/c1-2-19-18(23-13-15-5-3-4-10-20-15)22-12-11-21-17(25)14-6-8-16(24)9-7-14;/h3-10,24H,2,11-13H2,1H3,(H,21,25)(H2,19,22,23);1H. The molecule has 0 saturated carbocycles. The number of pyridine rings is 1. The van der Waals surface area contributed by atoms with Crippen LogP contribution < -0.4 is 16.0 Å². The van der Waals surface area contributed by atoms with Gasteiger partial charge in [0.05, 0.1) is 12.2 Å². The van der Waals surface area contributed by atoms with E-state index < -0.39 is 0 Å². The molecule has 0 saturated heterocycles. The third-order valence-electron chi connectivity index (χ3n) is 3.30. The van der Waals surface area contributed by atoms with Gasteiger partial charge in [0.25, 0.3) is 5.91 Å². The lowest BCUT2D eigenvalue weighted by atomic mass is 10.2. The number of carbonyl (C=O) groups excluding carboxylic acids is 1. The van der Waals surface area contributed by atoms with Crippen molar-refractivity contribution in [2.75, 3.05) is 19.6 Å². The molecule has 0 atom stereocenters. The molecule has 0 aliphatic heterocycles. The van der Waals surface area contributed by atoms with Crippen LogP contribution >= 0.6 is 24.0 Å². The van der Waals surface area contributed by atoms with E-state index in [1.165, 1.54) is 12.1 Å². The molecule has 1 heterocycles. The Morgan fingerprint density at radius 1 is 1.08 bits per heavy atom. The largest absolute Gasteiger partial charge is 0.508 e. The van der Waals surface area contributed by atoms with Crippen LogP contribution in [0.1, 0.15) is 23.0 Å². The zero-order valence-corrected chi connectivity index (χ0v) is 16.9. The Labute approximate surface area is 170 Å². The molecule has 0 radical (unpaired) electrons. The molecular weight excluding hydrogens is 445 g/mol. The number of carbonyl (C=O) groups is 1. The fourth-order valence-electron chi connectivity index (χ4n) is 2.07. The summed E-state index contributed by atoms with van der Waals surface area (Å²) >= 11 is 0. The quantitative estimate of drug-likeness (QED) is 0.215. The second-order valence-electron chi connectivity index (χ2n) is 5.25. The summed E-state index contributed by atoms with van der Waals surface area (Å²) in [5, 5.41) is 18.4. The third-order valence-corrected chi connectivity index (χ3v) is 3.30. The van der Waals surface area contributed by atoms with Crippen molar-refractivity contribution < 1.29 is 9.90 Å². The van der Waals surface area contributed by atoms with E-state index in [2.05, 4.69) is 25.9 Å². The van der Waals surface area contributed by atoms with E-state index in [0.29, 0.717) is 31.2 Å². The highest BCUT2D eigenvalue weighted by atomic mass is 127. The molecule has 0 aliphatic rings. The zero-order chi connectivity index (χ0) is 17.9. The predicted molar refractivity (Wildman–Crippen MR) is 113 cm³/mol. The number of nitrogens with one attached hydrogen (secondary N) is 3. The number of aliphatic imine (C=N–C) groups is 1. The average Bonchev–Trinajstić information content (AvgIpc) is 2.64. The van der Waals surface area contributed by atoms with Crippen molar-refractivity contribution in [1.29, 1.82) is 0 Å². The van der Waals surface area contributed by atoms with Crippen LogP contribution in [0.25, 0.3) is 0 Å². The number of phenolic OH excluding ortho intramolecular Hbond substituents is 1. The summed E-state index contributed by atoms with van der Waals surface area (Å²) in [5.74, 6) is 0.627. The first kappa shape index (κ1) is 21.7. The molecule has 1 amide bonds. The Balaban J connectivity index is 0.00000338. The Hall–Kier alpha value is -2.36. The highest BCUT2D eigenvalue weighted by Crippen LogP contribution is 2.09. The fourth-order valence-corrected chi connectivity index (χ4v) is 2.07. The Morgan fingerprint density at radius 3 is 2.46 bits per heavy atom. The molecule has 2 aromatic rings. The summed E-state index contributed by atoms with van der Waals surface area (Å²) in [7, 11) is 0. The van der Waals surface area contributed by atoms with Crippen LogP contribution in [-0.4, -0.2) is 41.6 Å². The number of benzene rings is 1. The van der Waals surface area contributed by atoms with Crippen molar-refractivity contribution in [3.8, 4) is 5.75 Å². The van der Waals surface area contributed by atoms with Crippen molar-refractivity contribution in [3.05, 3.63) is 59.9 Å². The van der Waals surface area contributed by atoms with Crippen molar-refractivity contribution in [2.24, 2.45) is 4.99 Å². The van der Waals surface area contributed by atoms with Gasteiger partial charge in [-0.25, -0.2) is 4.99 Å². The summed E-state index contributed by atoms with van der Waals surface area (Å²) < 4.78 is 0. The first-order valence-corrected chi connectivity index (χ1v) is 8.18.